The Morgan fingerprint density at radius 2 is 2.11 bits per heavy atom. The Kier molecular flexibility index (Phi) is 3.84. The number of benzene rings is 1. The second-order valence-corrected chi connectivity index (χ2v) is 4.81. The molecule has 1 saturated heterocycles. The lowest BCUT2D eigenvalue weighted by atomic mass is 9.96. The summed E-state index contributed by atoms with van der Waals surface area (Å²) in [4.78, 5) is 14.0. The molecule has 0 radical (unpaired) electrons. The number of aliphatic hydroxyl groups excluding tert-OH is 1. The first-order valence-corrected chi connectivity index (χ1v) is 6.16. The minimum atomic E-state index is -0.294. The summed E-state index contributed by atoms with van der Waals surface area (Å²) in [5.74, 6) is 5.42. The molecule has 1 aromatic rings. The maximum Gasteiger partial charge on any atom is 0.253 e. The van der Waals surface area contributed by atoms with Crippen molar-refractivity contribution in [2.24, 2.45) is 11.8 Å². The van der Waals surface area contributed by atoms with Crippen LogP contribution in [0.4, 0.5) is 5.69 Å². The minimum Gasteiger partial charge on any atom is -0.393 e. The standard InChI is InChI=1S/C13H19N3O2/c1-9-8-16(7-6-12(9)17)13(18)10-2-4-11(15-14)5-3-10/h2-5,9,12,15,17H,6-8,14H2,1H3. The van der Waals surface area contributed by atoms with E-state index < -0.39 is 0 Å². The van der Waals surface area contributed by atoms with Crippen LogP contribution in [0.1, 0.15) is 23.7 Å². The Hall–Kier alpha value is -1.59. The summed E-state index contributed by atoms with van der Waals surface area (Å²) >= 11 is 0. The minimum absolute atomic E-state index is 0.0114. The van der Waals surface area contributed by atoms with Gasteiger partial charge in [0.15, 0.2) is 0 Å². The number of aliphatic hydroxyl groups is 1. The average Bonchev–Trinajstić information content (AvgIpc) is 2.41. The van der Waals surface area contributed by atoms with Gasteiger partial charge in [0.2, 0.25) is 0 Å². The van der Waals surface area contributed by atoms with Crippen LogP contribution in [0.3, 0.4) is 0 Å². The number of carbonyl (C=O) groups excluding carboxylic acids is 1. The fourth-order valence-electron chi connectivity index (χ4n) is 2.21. The molecule has 0 bridgehead atoms. The Bertz CT molecular complexity index is 419. The third-order valence-corrected chi connectivity index (χ3v) is 3.45. The molecule has 1 amide bonds. The van der Waals surface area contributed by atoms with Crippen LogP contribution in [0.15, 0.2) is 24.3 Å². The highest BCUT2D eigenvalue weighted by Crippen LogP contribution is 2.19. The lowest BCUT2D eigenvalue weighted by Crippen LogP contribution is -2.44. The highest BCUT2D eigenvalue weighted by molar-refractivity contribution is 5.94. The van der Waals surface area contributed by atoms with E-state index in [1.54, 1.807) is 29.2 Å². The summed E-state index contributed by atoms with van der Waals surface area (Å²) in [6.45, 7) is 3.18. The Balaban J connectivity index is 2.06. The smallest absolute Gasteiger partial charge is 0.253 e. The van der Waals surface area contributed by atoms with E-state index in [0.29, 0.717) is 25.1 Å². The SMILES string of the molecule is CC1CN(C(=O)c2ccc(NN)cc2)CCC1O. The number of hydrogen-bond acceptors (Lipinski definition) is 4. The number of nitrogen functional groups attached to an aromatic ring is 1. The number of likely N-dealkylation sites (tertiary alicyclic amines) is 1. The molecule has 0 aliphatic carbocycles. The Morgan fingerprint density at radius 1 is 1.44 bits per heavy atom. The molecule has 2 rings (SSSR count). The van der Waals surface area contributed by atoms with Crippen molar-refractivity contribution in [3.05, 3.63) is 29.8 Å². The van der Waals surface area contributed by atoms with E-state index >= 15 is 0 Å². The molecule has 1 heterocycles. The molecule has 4 N–H and O–H groups in total. The molecule has 0 spiro atoms. The number of hydrazine groups is 1. The first kappa shape index (κ1) is 12.9. The monoisotopic (exact) mass is 249 g/mol. The third-order valence-electron chi connectivity index (χ3n) is 3.45. The molecule has 5 nitrogen and oxygen atoms in total. The number of amides is 1. The summed E-state index contributed by atoms with van der Waals surface area (Å²) in [7, 11) is 0. The number of piperidine rings is 1. The first-order valence-electron chi connectivity index (χ1n) is 6.16. The number of anilines is 1. The number of nitrogens with one attached hydrogen (secondary N) is 1. The van der Waals surface area contributed by atoms with Crippen LogP contribution in [0.25, 0.3) is 0 Å². The van der Waals surface area contributed by atoms with Gasteiger partial charge in [-0.1, -0.05) is 6.92 Å². The van der Waals surface area contributed by atoms with Gasteiger partial charge < -0.3 is 15.4 Å². The molecular weight excluding hydrogens is 230 g/mol. The van der Waals surface area contributed by atoms with E-state index in [1.165, 1.54) is 0 Å². The van der Waals surface area contributed by atoms with Gasteiger partial charge in [-0.3, -0.25) is 10.6 Å². The molecule has 18 heavy (non-hydrogen) atoms. The molecule has 5 heteroatoms. The topological polar surface area (TPSA) is 78.6 Å². The first-order chi connectivity index (χ1) is 8.61. The number of nitrogens with zero attached hydrogens (tertiary/aromatic N) is 1. The molecule has 1 aliphatic heterocycles. The number of hydrogen-bond donors (Lipinski definition) is 3. The van der Waals surface area contributed by atoms with Gasteiger partial charge in [0, 0.05) is 24.3 Å². The van der Waals surface area contributed by atoms with Gasteiger partial charge >= 0.3 is 0 Å². The zero-order chi connectivity index (χ0) is 13.1. The van der Waals surface area contributed by atoms with Gasteiger partial charge in [-0.2, -0.15) is 0 Å². The molecule has 2 unspecified atom stereocenters. The van der Waals surface area contributed by atoms with Gasteiger partial charge in [-0.25, -0.2) is 0 Å². The van der Waals surface area contributed by atoms with Crippen LogP contribution >= 0.6 is 0 Å². The van der Waals surface area contributed by atoms with E-state index in [4.69, 9.17) is 5.84 Å². The van der Waals surface area contributed by atoms with Crippen LogP contribution in [0.2, 0.25) is 0 Å². The van der Waals surface area contributed by atoms with Crippen molar-refractivity contribution in [2.45, 2.75) is 19.4 Å². The van der Waals surface area contributed by atoms with Crippen molar-refractivity contribution in [3.63, 3.8) is 0 Å². The third kappa shape index (κ3) is 2.63. The fourth-order valence-corrected chi connectivity index (χ4v) is 2.21. The summed E-state index contributed by atoms with van der Waals surface area (Å²) in [5, 5.41) is 9.66. The highest BCUT2D eigenvalue weighted by atomic mass is 16.3. The number of rotatable bonds is 2. The van der Waals surface area contributed by atoms with E-state index in [1.807, 2.05) is 6.92 Å². The van der Waals surface area contributed by atoms with Crippen molar-refractivity contribution < 1.29 is 9.90 Å². The summed E-state index contributed by atoms with van der Waals surface area (Å²) in [6, 6.07) is 7.06. The van der Waals surface area contributed by atoms with Crippen LogP contribution in [0.5, 0.6) is 0 Å². The lowest BCUT2D eigenvalue weighted by Gasteiger charge is -2.34. The predicted octanol–water partition coefficient (Wildman–Crippen LogP) is 0.815. The molecule has 2 atom stereocenters. The van der Waals surface area contributed by atoms with Crippen LogP contribution in [-0.2, 0) is 0 Å². The van der Waals surface area contributed by atoms with Crippen LogP contribution in [-0.4, -0.2) is 35.1 Å². The zero-order valence-corrected chi connectivity index (χ0v) is 10.5. The summed E-state index contributed by atoms with van der Waals surface area (Å²) in [6.07, 6.45) is 0.355. The summed E-state index contributed by atoms with van der Waals surface area (Å²) in [5.41, 5.74) is 3.95. The second-order valence-electron chi connectivity index (χ2n) is 4.81. The quantitative estimate of drug-likeness (QED) is 0.535. The normalized spacial score (nSPS) is 23.8. The van der Waals surface area contributed by atoms with Crippen molar-refractivity contribution in [2.75, 3.05) is 18.5 Å². The van der Waals surface area contributed by atoms with Gasteiger partial charge in [-0.15, -0.1) is 0 Å². The predicted molar refractivity (Wildman–Crippen MR) is 69.9 cm³/mol. The van der Waals surface area contributed by atoms with Crippen LogP contribution < -0.4 is 11.3 Å². The molecule has 1 aliphatic rings. The van der Waals surface area contributed by atoms with E-state index in [0.717, 1.165) is 5.69 Å². The maximum absolute atomic E-state index is 12.2. The van der Waals surface area contributed by atoms with E-state index in [2.05, 4.69) is 5.43 Å². The van der Waals surface area contributed by atoms with E-state index in [-0.39, 0.29) is 17.9 Å². The van der Waals surface area contributed by atoms with Gasteiger partial charge in [0.1, 0.15) is 0 Å². The number of nitrogens with two attached hydrogens (primary N) is 1. The zero-order valence-electron chi connectivity index (χ0n) is 10.5. The van der Waals surface area contributed by atoms with Crippen molar-refractivity contribution in [3.8, 4) is 0 Å². The van der Waals surface area contributed by atoms with Crippen molar-refractivity contribution in [1.29, 1.82) is 0 Å². The molecule has 1 fully saturated rings. The number of carbonyl (C=O) groups is 1. The lowest BCUT2D eigenvalue weighted by molar-refractivity contribution is 0.0297. The highest BCUT2D eigenvalue weighted by Gasteiger charge is 2.27. The van der Waals surface area contributed by atoms with Crippen molar-refractivity contribution >= 4 is 11.6 Å². The second kappa shape index (κ2) is 5.37. The molecule has 1 aromatic carbocycles. The fraction of sp³-hybridized carbons (Fsp3) is 0.462. The molecule has 0 aromatic heterocycles. The molecule has 0 saturated carbocycles. The largest absolute Gasteiger partial charge is 0.393 e. The Labute approximate surface area is 107 Å². The van der Waals surface area contributed by atoms with Gasteiger partial charge in [-0.05, 0) is 36.6 Å². The molecule has 98 valence electrons. The molecular formula is C13H19N3O2. The maximum atomic E-state index is 12.2. The average molecular weight is 249 g/mol. The van der Waals surface area contributed by atoms with Crippen molar-refractivity contribution in [1.82, 2.24) is 4.90 Å². The summed E-state index contributed by atoms with van der Waals surface area (Å²) < 4.78 is 0. The van der Waals surface area contributed by atoms with E-state index in [9.17, 15) is 9.90 Å². The van der Waals surface area contributed by atoms with Crippen LogP contribution in [0, 0.1) is 5.92 Å². The Morgan fingerprint density at radius 3 is 2.67 bits per heavy atom. The van der Waals surface area contributed by atoms with Gasteiger partial charge in [0.05, 0.1) is 6.10 Å². The van der Waals surface area contributed by atoms with Gasteiger partial charge in [0.25, 0.3) is 5.91 Å².